The van der Waals surface area contributed by atoms with Crippen molar-refractivity contribution < 1.29 is 0 Å². The molecule has 124 valence electrons. The summed E-state index contributed by atoms with van der Waals surface area (Å²) in [5.41, 5.74) is 2.24. The number of anilines is 1. The van der Waals surface area contributed by atoms with Gasteiger partial charge in [-0.3, -0.25) is 0 Å². The Morgan fingerprint density at radius 3 is 2.83 bits per heavy atom. The number of aromatic nitrogens is 4. The van der Waals surface area contributed by atoms with E-state index in [1.165, 1.54) is 16.4 Å². The zero-order valence-corrected chi connectivity index (χ0v) is 14.8. The molecule has 0 aliphatic carbocycles. The minimum atomic E-state index is 0.392. The molecular weight excluding hydrogens is 308 g/mol. The van der Waals surface area contributed by atoms with E-state index in [-0.39, 0.29) is 0 Å². The molecule has 7 heteroatoms. The first-order valence-electron chi connectivity index (χ1n) is 8.24. The van der Waals surface area contributed by atoms with E-state index in [2.05, 4.69) is 50.1 Å². The van der Waals surface area contributed by atoms with Gasteiger partial charge >= 0.3 is 0 Å². The van der Waals surface area contributed by atoms with Crippen LogP contribution in [-0.4, -0.2) is 32.6 Å². The summed E-state index contributed by atoms with van der Waals surface area (Å²) >= 11 is 1.46. The van der Waals surface area contributed by atoms with Gasteiger partial charge in [-0.15, -0.1) is 5.10 Å². The van der Waals surface area contributed by atoms with Gasteiger partial charge in [-0.05, 0) is 50.3 Å². The Labute approximate surface area is 141 Å². The van der Waals surface area contributed by atoms with Gasteiger partial charge in [0.2, 0.25) is 0 Å². The lowest BCUT2D eigenvalue weighted by Gasteiger charge is -2.22. The molecule has 2 aromatic heterocycles. The lowest BCUT2D eigenvalue weighted by atomic mass is 9.94. The van der Waals surface area contributed by atoms with Gasteiger partial charge in [0, 0.05) is 17.7 Å². The van der Waals surface area contributed by atoms with E-state index in [4.69, 9.17) is 0 Å². The van der Waals surface area contributed by atoms with Crippen LogP contribution in [-0.2, 0) is 6.54 Å². The smallest absolute Gasteiger partial charge is 0.130 e. The number of piperidine rings is 1. The first-order valence-corrected chi connectivity index (χ1v) is 9.02. The van der Waals surface area contributed by atoms with Crippen LogP contribution in [0.3, 0.4) is 0 Å². The summed E-state index contributed by atoms with van der Waals surface area (Å²) in [5.74, 6) is 2.65. The van der Waals surface area contributed by atoms with E-state index in [9.17, 15) is 0 Å². The van der Waals surface area contributed by atoms with Crippen molar-refractivity contribution in [3.8, 4) is 0 Å². The van der Waals surface area contributed by atoms with Gasteiger partial charge in [-0.2, -0.15) is 0 Å². The van der Waals surface area contributed by atoms with Crippen molar-refractivity contribution in [1.29, 1.82) is 0 Å². The highest BCUT2D eigenvalue weighted by Crippen LogP contribution is 2.26. The van der Waals surface area contributed by atoms with Crippen LogP contribution in [0.4, 0.5) is 5.82 Å². The monoisotopic (exact) mass is 332 g/mol. The van der Waals surface area contributed by atoms with Crippen molar-refractivity contribution >= 4 is 17.4 Å². The van der Waals surface area contributed by atoms with Crippen LogP contribution in [0.5, 0.6) is 0 Å². The minimum Gasteiger partial charge on any atom is -0.365 e. The van der Waals surface area contributed by atoms with Crippen molar-refractivity contribution in [2.75, 3.05) is 18.4 Å². The van der Waals surface area contributed by atoms with E-state index in [1.54, 1.807) is 0 Å². The molecule has 23 heavy (non-hydrogen) atoms. The van der Waals surface area contributed by atoms with Crippen LogP contribution in [0, 0.1) is 6.92 Å². The van der Waals surface area contributed by atoms with Crippen molar-refractivity contribution in [1.82, 2.24) is 24.9 Å². The van der Waals surface area contributed by atoms with Gasteiger partial charge in [0.25, 0.3) is 0 Å². The lowest BCUT2D eigenvalue weighted by Crippen LogP contribution is -2.27. The average Bonchev–Trinajstić information content (AvgIpc) is 3.02. The Balaban J connectivity index is 1.72. The third-order valence-electron chi connectivity index (χ3n) is 4.18. The second kappa shape index (κ2) is 7.31. The molecule has 1 aliphatic heterocycles. The Morgan fingerprint density at radius 1 is 1.30 bits per heavy atom. The third-order valence-corrected chi connectivity index (χ3v) is 4.91. The number of rotatable bonds is 5. The Bertz CT molecular complexity index is 648. The number of nitrogens with one attached hydrogen (secondary N) is 2. The molecule has 0 bridgehead atoms. The van der Waals surface area contributed by atoms with E-state index in [1.807, 2.05) is 6.92 Å². The number of nitrogens with zero attached hydrogens (tertiary/aromatic N) is 4. The number of hydrogen-bond donors (Lipinski definition) is 2. The van der Waals surface area contributed by atoms with E-state index >= 15 is 0 Å². The van der Waals surface area contributed by atoms with E-state index in [0.29, 0.717) is 18.4 Å². The molecule has 0 spiro atoms. The molecule has 1 aliphatic rings. The molecule has 1 fully saturated rings. The fourth-order valence-corrected chi connectivity index (χ4v) is 3.69. The highest BCUT2D eigenvalue weighted by atomic mass is 32.1. The molecule has 0 radical (unpaired) electrons. The molecule has 0 atom stereocenters. The van der Waals surface area contributed by atoms with Crippen LogP contribution < -0.4 is 10.6 Å². The summed E-state index contributed by atoms with van der Waals surface area (Å²) < 4.78 is 4.08. The third kappa shape index (κ3) is 4.03. The zero-order chi connectivity index (χ0) is 16.2. The topological polar surface area (TPSA) is 75.6 Å². The first-order chi connectivity index (χ1) is 11.1. The van der Waals surface area contributed by atoms with Gasteiger partial charge in [0.1, 0.15) is 11.6 Å². The van der Waals surface area contributed by atoms with Gasteiger partial charge in [-0.1, -0.05) is 18.3 Å². The van der Waals surface area contributed by atoms with E-state index < -0.39 is 0 Å². The molecule has 1 saturated heterocycles. The highest BCUT2D eigenvalue weighted by Gasteiger charge is 2.18. The minimum absolute atomic E-state index is 0.392. The summed E-state index contributed by atoms with van der Waals surface area (Å²) in [6.45, 7) is 9.10. The molecule has 0 unspecified atom stereocenters. The molecule has 0 aromatic carbocycles. The highest BCUT2D eigenvalue weighted by molar-refractivity contribution is 7.05. The molecule has 0 amide bonds. The van der Waals surface area contributed by atoms with Crippen LogP contribution in [0.25, 0.3) is 0 Å². The molecule has 6 nitrogen and oxygen atoms in total. The molecule has 0 saturated carbocycles. The maximum absolute atomic E-state index is 4.65. The van der Waals surface area contributed by atoms with Crippen molar-refractivity contribution in [3.63, 3.8) is 0 Å². The quantitative estimate of drug-likeness (QED) is 0.877. The standard InChI is InChI=1S/C16H24N6S/c1-10(2)16-14(23-22-21-16)9-18-15-8-13(19-11(3)20-15)12-4-6-17-7-5-12/h8,10,12,17H,4-7,9H2,1-3H3,(H,18,19,20). The van der Waals surface area contributed by atoms with Crippen molar-refractivity contribution in [2.45, 2.75) is 52.0 Å². The largest absolute Gasteiger partial charge is 0.365 e. The molecule has 3 rings (SSSR count). The van der Waals surface area contributed by atoms with Gasteiger partial charge in [0.15, 0.2) is 0 Å². The first kappa shape index (κ1) is 16.3. The molecule has 3 heterocycles. The predicted molar refractivity (Wildman–Crippen MR) is 92.9 cm³/mol. The normalized spacial score (nSPS) is 16.0. The average molecular weight is 332 g/mol. The Hall–Kier alpha value is -1.60. The summed E-state index contributed by atoms with van der Waals surface area (Å²) in [4.78, 5) is 10.4. The Kier molecular flexibility index (Phi) is 5.17. The lowest BCUT2D eigenvalue weighted by molar-refractivity contribution is 0.452. The van der Waals surface area contributed by atoms with Gasteiger partial charge in [0.05, 0.1) is 17.1 Å². The fraction of sp³-hybridized carbons (Fsp3) is 0.625. The SMILES string of the molecule is Cc1nc(NCc2snnc2C(C)C)cc(C2CCNCC2)n1. The van der Waals surface area contributed by atoms with Crippen LogP contribution in [0.1, 0.15) is 60.6 Å². The van der Waals surface area contributed by atoms with Gasteiger partial charge in [-0.25, -0.2) is 9.97 Å². The van der Waals surface area contributed by atoms with Crippen LogP contribution in [0.15, 0.2) is 6.07 Å². The zero-order valence-electron chi connectivity index (χ0n) is 14.0. The summed E-state index contributed by atoms with van der Waals surface area (Å²) in [7, 11) is 0. The molecule has 2 N–H and O–H groups in total. The van der Waals surface area contributed by atoms with Crippen LogP contribution in [0.2, 0.25) is 0 Å². The van der Waals surface area contributed by atoms with Crippen LogP contribution >= 0.6 is 11.5 Å². The number of aryl methyl sites for hydroxylation is 1. The second-order valence-corrected chi connectivity index (χ2v) is 7.18. The predicted octanol–water partition coefficient (Wildman–Crippen LogP) is 2.84. The fourth-order valence-electron chi connectivity index (χ4n) is 2.96. The van der Waals surface area contributed by atoms with Crippen molar-refractivity contribution in [2.24, 2.45) is 0 Å². The summed E-state index contributed by atoms with van der Waals surface area (Å²) in [6, 6.07) is 2.10. The summed E-state index contributed by atoms with van der Waals surface area (Å²) in [6.07, 6.45) is 2.29. The molecular formula is C16H24N6S. The van der Waals surface area contributed by atoms with Crippen molar-refractivity contribution in [3.05, 3.63) is 28.2 Å². The maximum Gasteiger partial charge on any atom is 0.130 e. The van der Waals surface area contributed by atoms with Gasteiger partial charge < -0.3 is 10.6 Å². The maximum atomic E-state index is 4.65. The number of hydrogen-bond acceptors (Lipinski definition) is 7. The Morgan fingerprint density at radius 2 is 2.09 bits per heavy atom. The second-order valence-electron chi connectivity index (χ2n) is 6.34. The summed E-state index contributed by atoms with van der Waals surface area (Å²) in [5, 5.41) is 11.1. The van der Waals surface area contributed by atoms with E-state index in [0.717, 1.165) is 49.0 Å². The molecule has 2 aromatic rings.